The average molecular weight is 465 g/mol. The lowest BCUT2D eigenvalue weighted by Gasteiger charge is -2.28. The zero-order valence-electron chi connectivity index (χ0n) is 20.4. The zero-order valence-corrected chi connectivity index (χ0v) is 20.1. The Balaban J connectivity index is 0.00000162. The van der Waals surface area contributed by atoms with Crippen LogP contribution in [0.5, 0.6) is 0 Å². The number of nitrogens with one attached hydrogen (secondary N) is 2. The van der Waals surface area contributed by atoms with E-state index in [2.05, 4.69) is 59.0 Å². The second kappa shape index (κ2) is 10.0. The Morgan fingerprint density at radius 3 is 2.73 bits per heavy atom. The van der Waals surface area contributed by atoms with Gasteiger partial charge in [-0.25, -0.2) is 4.98 Å². The van der Waals surface area contributed by atoms with Gasteiger partial charge in [-0.1, -0.05) is 57.4 Å². The molecular weight excluding hydrogens is 432 g/mol. The van der Waals surface area contributed by atoms with Crippen molar-refractivity contribution in [3.8, 4) is 11.4 Å². The molecule has 1 saturated carbocycles. The second-order valence-electron chi connectivity index (χ2n) is 9.56. The van der Waals surface area contributed by atoms with Gasteiger partial charge in [-0.2, -0.15) is 0 Å². The predicted molar refractivity (Wildman–Crippen MR) is 132 cm³/mol. The first-order valence-corrected chi connectivity index (χ1v) is 11.9. The SMILES string of the molecule is CC(C)CC(C(=O)NC1CCCCC1)n1c(-c2ccc3cc[nH]c3c2)nc2ccccc21.[Cl-].[H+]. The van der Waals surface area contributed by atoms with Crippen molar-refractivity contribution in [3.63, 3.8) is 0 Å². The molecule has 1 atom stereocenters. The van der Waals surface area contributed by atoms with E-state index in [9.17, 15) is 4.79 Å². The molecule has 5 rings (SSSR count). The molecule has 1 aliphatic carbocycles. The minimum absolute atomic E-state index is 0. The highest BCUT2D eigenvalue weighted by Gasteiger charge is 2.29. The summed E-state index contributed by atoms with van der Waals surface area (Å²) in [4.78, 5) is 22.0. The van der Waals surface area contributed by atoms with E-state index in [1.807, 2.05) is 24.4 Å². The molecule has 2 N–H and O–H groups in total. The molecule has 2 aromatic heterocycles. The van der Waals surface area contributed by atoms with Gasteiger partial charge >= 0.3 is 1.43 Å². The Labute approximate surface area is 202 Å². The lowest BCUT2D eigenvalue weighted by Crippen LogP contribution is -3.00. The van der Waals surface area contributed by atoms with Crippen LogP contribution in [-0.2, 0) is 4.79 Å². The van der Waals surface area contributed by atoms with Crippen LogP contribution in [0.25, 0.3) is 33.3 Å². The van der Waals surface area contributed by atoms with Gasteiger partial charge < -0.3 is 27.3 Å². The van der Waals surface area contributed by atoms with Crippen LogP contribution in [-0.4, -0.2) is 26.5 Å². The molecule has 0 spiro atoms. The van der Waals surface area contributed by atoms with Crippen LogP contribution in [0.2, 0.25) is 0 Å². The third kappa shape index (κ3) is 4.79. The van der Waals surface area contributed by atoms with E-state index >= 15 is 0 Å². The first kappa shape index (κ1) is 23.4. The number of hydrogen-bond donors (Lipinski definition) is 2. The maximum Gasteiger partial charge on any atom is 1.00 e. The summed E-state index contributed by atoms with van der Waals surface area (Å²) in [5, 5.41) is 4.56. The van der Waals surface area contributed by atoms with E-state index in [0.29, 0.717) is 12.0 Å². The molecule has 1 fully saturated rings. The Hall–Kier alpha value is -2.79. The topological polar surface area (TPSA) is 62.7 Å². The number of nitrogens with zero attached hydrogens (tertiary/aromatic N) is 2. The van der Waals surface area contributed by atoms with Crippen molar-refractivity contribution in [1.82, 2.24) is 19.9 Å². The summed E-state index contributed by atoms with van der Waals surface area (Å²) in [6.07, 6.45) is 8.58. The number of benzene rings is 2. The number of para-hydroxylation sites is 2. The fraction of sp³-hybridized carbons (Fsp3) is 0.407. The monoisotopic (exact) mass is 464 g/mol. The number of amides is 1. The Morgan fingerprint density at radius 1 is 1.15 bits per heavy atom. The van der Waals surface area contributed by atoms with Gasteiger partial charge in [0.2, 0.25) is 5.91 Å². The van der Waals surface area contributed by atoms with Gasteiger partial charge in [0.05, 0.1) is 11.0 Å². The van der Waals surface area contributed by atoms with Crippen molar-refractivity contribution in [2.24, 2.45) is 5.92 Å². The van der Waals surface area contributed by atoms with Crippen molar-refractivity contribution in [1.29, 1.82) is 0 Å². The molecule has 2 heterocycles. The largest absolute Gasteiger partial charge is 1.00 e. The van der Waals surface area contributed by atoms with E-state index in [0.717, 1.165) is 47.2 Å². The van der Waals surface area contributed by atoms with Crippen LogP contribution in [0, 0.1) is 5.92 Å². The van der Waals surface area contributed by atoms with Crippen LogP contribution < -0.4 is 17.7 Å². The highest BCUT2D eigenvalue weighted by molar-refractivity contribution is 5.89. The van der Waals surface area contributed by atoms with E-state index in [4.69, 9.17) is 4.98 Å². The van der Waals surface area contributed by atoms with Crippen LogP contribution in [0.4, 0.5) is 0 Å². The normalized spacial score (nSPS) is 15.6. The summed E-state index contributed by atoms with van der Waals surface area (Å²) >= 11 is 0. The first-order valence-electron chi connectivity index (χ1n) is 11.9. The summed E-state index contributed by atoms with van der Waals surface area (Å²) in [6.45, 7) is 4.37. The number of aromatic nitrogens is 3. The maximum absolute atomic E-state index is 13.7. The van der Waals surface area contributed by atoms with E-state index in [1.165, 1.54) is 24.6 Å². The number of rotatable bonds is 6. The number of hydrogen-bond acceptors (Lipinski definition) is 2. The van der Waals surface area contributed by atoms with Gasteiger partial charge in [0.1, 0.15) is 11.9 Å². The predicted octanol–water partition coefficient (Wildman–Crippen LogP) is 3.34. The van der Waals surface area contributed by atoms with Crippen molar-refractivity contribution in [2.45, 2.75) is 64.5 Å². The minimum Gasteiger partial charge on any atom is -1.00 e. The molecule has 1 unspecified atom stereocenters. The molecule has 5 nitrogen and oxygen atoms in total. The summed E-state index contributed by atoms with van der Waals surface area (Å²) in [6, 6.07) is 16.6. The fourth-order valence-corrected chi connectivity index (χ4v) is 5.07. The summed E-state index contributed by atoms with van der Waals surface area (Å²) in [7, 11) is 0. The van der Waals surface area contributed by atoms with Gasteiger partial charge in [-0.05, 0) is 54.8 Å². The molecule has 0 saturated heterocycles. The molecule has 174 valence electrons. The number of carbonyl (C=O) groups excluding carboxylic acids is 1. The summed E-state index contributed by atoms with van der Waals surface area (Å²) in [5.41, 5.74) is 4.04. The van der Waals surface area contributed by atoms with Crippen molar-refractivity contribution in [2.75, 3.05) is 0 Å². The minimum atomic E-state index is -0.293. The molecule has 1 amide bonds. The smallest absolute Gasteiger partial charge is 1.00 e. The lowest BCUT2D eigenvalue weighted by molar-refractivity contribution is -0.125. The Kier molecular flexibility index (Phi) is 7.08. The van der Waals surface area contributed by atoms with E-state index < -0.39 is 0 Å². The van der Waals surface area contributed by atoms with Gasteiger partial charge in [-0.3, -0.25) is 4.79 Å². The van der Waals surface area contributed by atoms with Gasteiger partial charge in [0.25, 0.3) is 0 Å². The van der Waals surface area contributed by atoms with Crippen LogP contribution in [0.15, 0.2) is 54.7 Å². The third-order valence-electron chi connectivity index (χ3n) is 6.67. The Bertz CT molecular complexity index is 1240. The number of H-pyrrole nitrogens is 1. The molecule has 0 aliphatic heterocycles. The molecule has 0 bridgehead atoms. The van der Waals surface area contributed by atoms with Crippen molar-refractivity contribution < 1.29 is 18.6 Å². The lowest BCUT2D eigenvalue weighted by atomic mass is 9.94. The van der Waals surface area contributed by atoms with Gasteiger partial charge in [0.15, 0.2) is 0 Å². The van der Waals surface area contributed by atoms with Gasteiger partial charge in [-0.15, -0.1) is 0 Å². The average Bonchev–Trinajstić information content (AvgIpc) is 3.42. The number of halogens is 1. The zero-order chi connectivity index (χ0) is 22.1. The van der Waals surface area contributed by atoms with Gasteiger partial charge in [0, 0.05) is 23.3 Å². The molecule has 2 aromatic carbocycles. The molecule has 33 heavy (non-hydrogen) atoms. The maximum atomic E-state index is 13.7. The summed E-state index contributed by atoms with van der Waals surface area (Å²) < 4.78 is 2.18. The number of aromatic amines is 1. The Morgan fingerprint density at radius 2 is 1.94 bits per heavy atom. The second-order valence-corrected chi connectivity index (χ2v) is 9.56. The number of imidazole rings is 1. The molecular formula is C27H33ClN4O. The van der Waals surface area contributed by atoms with Crippen LogP contribution in [0.1, 0.15) is 59.8 Å². The van der Waals surface area contributed by atoms with Crippen LogP contribution in [0.3, 0.4) is 0 Å². The quantitative estimate of drug-likeness (QED) is 0.459. The van der Waals surface area contributed by atoms with Crippen molar-refractivity contribution in [3.05, 3.63) is 54.7 Å². The number of fused-ring (bicyclic) bond motifs is 2. The highest BCUT2D eigenvalue weighted by Crippen LogP contribution is 2.33. The molecule has 0 radical (unpaired) electrons. The fourth-order valence-electron chi connectivity index (χ4n) is 5.07. The van der Waals surface area contributed by atoms with Crippen LogP contribution >= 0.6 is 0 Å². The van der Waals surface area contributed by atoms with E-state index in [-0.39, 0.29) is 25.8 Å². The molecule has 1 aliphatic rings. The van der Waals surface area contributed by atoms with E-state index in [1.54, 1.807) is 0 Å². The standard InChI is InChI=1S/C27H32N4O.ClH/c1-18(2)16-25(27(32)29-21-8-4-3-5-9-21)31-24-11-7-6-10-22(24)30-26(31)20-13-12-19-14-15-28-23(19)17-20;/h6-7,10-15,17-18,21,25,28H,3-5,8-9,16H2,1-2H3,(H,29,32);1H. The molecule has 6 heteroatoms. The van der Waals surface area contributed by atoms with Crippen molar-refractivity contribution >= 4 is 27.8 Å². The highest BCUT2D eigenvalue weighted by atomic mass is 35.5. The molecule has 4 aromatic rings. The number of carbonyl (C=O) groups is 1. The first-order chi connectivity index (χ1) is 15.6. The summed E-state index contributed by atoms with van der Waals surface area (Å²) in [5.74, 6) is 1.36. The third-order valence-corrected chi connectivity index (χ3v) is 6.67.